The normalized spacial score (nSPS) is 13.8. The summed E-state index contributed by atoms with van der Waals surface area (Å²) in [6.45, 7) is 1.97. The van der Waals surface area contributed by atoms with Gasteiger partial charge >= 0.3 is 5.97 Å². The van der Waals surface area contributed by atoms with Gasteiger partial charge in [0.1, 0.15) is 11.4 Å². The lowest BCUT2D eigenvalue weighted by atomic mass is 9.97. The zero-order chi connectivity index (χ0) is 18.4. The molecule has 0 spiro atoms. The molecular formula is C19H18N4O3. The van der Waals surface area contributed by atoms with Crippen molar-refractivity contribution in [3.05, 3.63) is 63.7 Å². The molecule has 132 valence electrons. The summed E-state index contributed by atoms with van der Waals surface area (Å²) in [4.78, 5) is 33.1. The van der Waals surface area contributed by atoms with E-state index in [0.29, 0.717) is 11.7 Å². The van der Waals surface area contributed by atoms with Crippen molar-refractivity contribution in [2.45, 2.75) is 25.7 Å². The third-order valence-electron chi connectivity index (χ3n) is 4.85. The van der Waals surface area contributed by atoms with Gasteiger partial charge in [0.2, 0.25) is 0 Å². The van der Waals surface area contributed by atoms with Crippen molar-refractivity contribution in [1.82, 2.24) is 9.38 Å². The van der Waals surface area contributed by atoms with Crippen molar-refractivity contribution < 1.29 is 9.63 Å². The number of rotatable bonds is 3. The first-order valence-electron chi connectivity index (χ1n) is 8.33. The van der Waals surface area contributed by atoms with Crippen molar-refractivity contribution in [3.63, 3.8) is 0 Å². The number of aromatic nitrogens is 2. The van der Waals surface area contributed by atoms with Gasteiger partial charge in [-0.25, -0.2) is 9.78 Å². The van der Waals surface area contributed by atoms with E-state index in [0.717, 1.165) is 40.6 Å². The number of carbonyl (C=O) groups excluding carboxylic acids is 1. The number of fused-ring (bicyclic) bond motifs is 1. The predicted molar refractivity (Wildman–Crippen MR) is 97.6 cm³/mol. The molecule has 0 atom stereocenters. The number of nitrogens with two attached hydrogens (primary N) is 2. The molecule has 0 unspecified atom stereocenters. The van der Waals surface area contributed by atoms with Crippen LogP contribution >= 0.6 is 0 Å². The molecule has 0 aliphatic heterocycles. The average molecular weight is 350 g/mol. The minimum Gasteiger partial charge on any atom is -0.384 e. The van der Waals surface area contributed by atoms with Gasteiger partial charge in [0.15, 0.2) is 0 Å². The summed E-state index contributed by atoms with van der Waals surface area (Å²) in [7, 11) is 0. The third kappa shape index (κ3) is 2.53. The number of hydrogen-bond donors (Lipinski definition) is 2. The predicted octanol–water partition coefficient (Wildman–Crippen LogP) is 2.16. The van der Waals surface area contributed by atoms with Gasteiger partial charge in [-0.05, 0) is 66.6 Å². The molecule has 7 nitrogen and oxygen atoms in total. The highest BCUT2D eigenvalue weighted by molar-refractivity contribution is 5.90. The fraction of sp³-hybridized carbons (Fsp3) is 0.211. The van der Waals surface area contributed by atoms with E-state index >= 15 is 0 Å². The topological polar surface area (TPSA) is 113 Å². The minimum atomic E-state index is -0.823. The summed E-state index contributed by atoms with van der Waals surface area (Å²) in [5, 5.41) is 0. The highest BCUT2D eigenvalue weighted by atomic mass is 16.7. The Labute approximate surface area is 149 Å². The summed E-state index contributed by atoms with van der Waals surface area (Å²) in [5.41, 5.74) is 9.80. The first-order chi connectivity index (χ1) is 12.5. The van der Waals surface area contributed by atoms with E-state index in [1.807, 2.05) is 19.1 Å². The second kappa shape index (κ2) is 5.96. The summed E-state index contributed by atoms with van der Waals surface area (Å²) in [6.07, 6.45) is 5.44. The summed E-state index contributed by atoms with van der Waals surface area (Å²) < 4.78 is 1.50. The lowest BCUT2D eigenvalue weighted by Gasteiger charge is -2.15. The SMILES string of the molecule is Cc1c(-c2ccc(N)nc2)ccn2c(=O)c(C(=O)ON)cc(C3CC3)c12. The molecule has 0 saturated heterocycles. The van der Waals surface area contributed by atoms with E-state index in [1.54, 1.807) is 24.5 Å². The Bertz CT molecular complexity index is 1080. The molecule has 0 bridgehead atoms. The Morgan fingerprint density at radius 3 is 2.69 bits per heavy atom. The molecule has 0 amide bonds. The molecule has 3 aromatic heterocycles. The first-order valence-corrected chi connectivity index (χ1v) is 8.33. The van der Waals surface area contributed by atoms with Crippen molar-refractivity contribution in [2.75, 3.05) is 5.73 Å². The Kier molecular flexibility index (Phi) is 3.73. The fourth-order valence-electron chi connectivity index (χ4n) is 3.39. The second-order valence-corrected chi connectivity index (χ2v) is 6.54. The van der Waals surface area contributed by atoms with Crippen LogP contribution in [0.4, 0.5) is 5.82 Å². The summed E-state index contributed by atoms with van der Waals surface area (Å²) in [5.74, 6) is 4.94. The zero-order valence-corrected chi connectivity index (χ0v) is 14.2. The van der Waals surface area contributed by atoms with Gasteiger partial charge in [-0.1, -0.05) is 0 Å². The van der Waals surface area contributed by atoms with Gasteiger partial charge in [-0.15, -0.1) is 0 Å². The maximum absolute atomic E-state index is 12.7. The summed E-state index contributed by atoms with van der Waals surface area (Å²) >= 11 is 0. The molecule has 1 saturated carbocycles. The van der Waals surface area contributed by atoms with Crippen LogP contribution in [0.25, 0.3) is 16.6 Å². The van der Waals surface area contributed by atoms with Crippen LogP contribution in [-0.2, 0) is 4.84 Å². The summed E-state index contributed by atoms with van der Waals surface area (Å²) in [6, 6.07) is 7.11. The van der Waals surface area contributed by atoms with Crippen molar-refractivity contribution in [3.8, 4) is 11.1 Å². The third-order valence-corrected chi connectivity index (χ3v) is 4.85. The molecule has 1 aliphatic carbocycles. The molecule has 4 N–H and O–H groups in total. The van der Waals surface area contributed by atoms with E-state index in [-0.39, 0.29) is 5.56 Å². The molecule has 26 heavy (non-hydrogen) atoms. The van der Waals surface area contributed by atoms with Crippen molar-refractivity contribution in [2.24, 2.45) is 5.90 Å². The van der Waals surface area contributed by atoms with E-state index in [2.05, 4.69) is 9.82 Å². The van der Waals surface area contributed by atoms with Crippen LogP contribution in [0.3, 0.4) is 0 Å². The van der Waals surface area contributed by atoms with Crippen LogP contribution in [0.15, 0.2) is 41.5 Å². The standard InChI is InChI=1S/C19H18N4O3/c1-10-13(12-4-5-16(20)22-9-12)6-7-23-17(10)14(11-2-3-11)8-15(18(23)24)19(25)26-21/h4-9,11H,2-3,21H2,1H3,(H2,20,22). The number of hydrogen-bond acceptors (Lipinski definition) is 6. The molecule has 0 aromatic carbocycles. The van der Waals surface area contributed by atoms with Crippen molar-refractivity contribution in [1.29, 1.82) is 0 Å². The first kappa shape index (κ1) is 16.3. The Hall–Kier alpha value is -3.19. The molecule has 3 heterocycles. The average Bonchev–Trinajstić information content (AvgIpc) is 3.48. The van der Waals surface area contributed by atoms with Gasteiger partial charge in [0.05, 0.1) is 5.52 Å². The zero-order valence-electron chi connectivity index (χ0n) is 14.2. The fourth-order valence-corrected chi connectivity index (χ4v) is 3.39. The maximum Gasteiger partial charge on any atom is 0.362 e. The number of carbonyl (C=O) groups is 1. The molecule has 1 aliphatic rings. The quantitative estimate of drug-likeness (QED) is 0.700. The number of nitrogens with zero attached hydrogens (tertiary/aromatic N) is 2. The Morgan fingerprint density at radius 1 is 1.31 bits per heavy atom. The molecular weight excluding hydrogens is 332 g/mol. The molecule has 4 rings (SSSR count). The Balaban J connectivity index is 2.02. The van der Waals surface area contributed by atoms with Crippen LogP contribution in [0.5, 0.6) is 0 Å². The van der Waals surface area contributed by atoms with Crippen LogP contribution in [0.2, 0.25) is 0 Å². The lowest BCUT2D eigenvalue weighted by molar-refractivity contribution is 0.0501. The number of anilines is 1. The van der Waals surface area contributed by atoms with E-state index in [4.69, 9.17) is 11.6 Å². The van der Waals surface area contributed by atoms with Gasteiger partial charge in [0, 0.05) is 18.0 Å². The van der Waals surface area contributed by atoms with E-state index in [1.165, 1.54) is 4.40 Å². The molecule has 7 heteroatoms. The maximum atomic E-state index is 12.7. The number of nitrogen functional groups attached to an aromatic ring is 1. The molecule has 3 aromatic rings. The number of pyridine rings is 3. The largest absolute Gasteiger partial charge is 0.384 e. The van der Waals surface area contributed by atoms with E-state index < -0.39 is 11.5 Å². The number of aryl methyl sites for hydroxylation is 1. The van der Waals surface area contributed by atoms with Gasteiger partial charge in [0.25, 0.3) is 5.56 Å². The highest BCUT2D eigenvalue weighted by Gasteiger charge is 2.29. The molecule has 0 radical (unpaired) electrons. The van der Waals surface area contributed by atoms with Crippen LogP contribution in [0.1, 0.15) is 40.2 Å². The lowest BCUT2D eigenvalue weighted by Crippen LogP contribution is -2.26. The minimum absolute atomic E-state index is 0.0480. The van der Waals surface area contributed by atoms with Gasteiger partial charge in [-0.2, -0.15) is 5.90 Å². The van der Waals surface area contributed by atoms with Crippen LogP contribution < -0.4 is 17.2 Å². The van der Waals surface area contributed by atoms with Gasteiger partial charge < -0.3 is 10.6 Å². The van der Waals surface area contributed by atoms with Gasteiger partial charge in [-0.3, -0.25) is 9.20 Å². The second-order valence-electron chi connectivity index (χ2n) is 6.54. The monoisotopic (exact) mass is 350 g/mol. The van der Waals surface area contributed by atoms with Crippen LogP contribution in [-0.4, -0.2) is 15.4 Å². The van der Waals surface area contributed by atoms with E-state index in [9.17, 15) is 9.59 Å². The smallest absolute Gasteiger partial charge is 0.362 e. The highest BCUT2D eigenvalue weighted by Crippen LogP contribution is 2.43. The van der Waals surface area contributed by atoms with Crippen molar-refractivity contribution >= 4 is 17.3 Å². The van der Waals surface area contributed by atoms with Crippen LogP contribution in [0, 0.1) is 6.92 Å². The molecule has 1 fully saturated rings. The Morgan fingerprint density at radius 2 is 2.08 bits per heavy atom.